The summed E-state index contributed by atoms with van der Waals surface area (Å²) in [5.74, 6) is 0.538. The summed E-state index contributed by atoms with van der Waals surface area (Å²) in [5.41, 5.74) is 7.07. The topological polar surface area (TPSA) is 26.0 Å². The van der Waals surface area contributed by atoms with Gasteiger partial charge in [0.1, 0.15) is 0 Å². The Hall–Kier alpha value is -0.240. The second-order valence-electron chi connectivity index (χ2n) is 4.28. The van der Waals surface area contributed by atoms with Crippen LogP contribution < -0.4 is 5.73 Å². The van der Waals surface area contributed by atoms with Gasteiger partial charge in [0.05, 0.1) is 0 Å². The van der Waals surface area contributed by atoms with Crippen molar-refractivity contribution in [1.29, 1.82) is 0 Å². The van der Waals surface area contributed by atoms with Crippen molar-refractivity contribution in [3.05, 3.63) is 33.8 Å². The lowest BCUT2D eigenvalue weighted by Crippen LogP contribution is -2.25. The van der Waals surface area contributed by atoms with Crippen LogP contribution in [0, 0.1) is 0 Å². The highest BCUT2D eigenvalue weighted by atomic mass is 35.5. The molecule has 0 unspecified atom stereocenters. The Bertz CT molecular complexity index is 343. The maximum atomic E-state index is 6.18. The van der Waals surface area contributed by atoms with Gasteiger partial charge in [-0.3, -0.25) is 0 Å². The standard InChI is InChI=1S/C12H15Cl2N/c13-9-3-6-12(14)11(7-9)8-1-4-10(15)5-2-8/h3,6-8,10H,1-2,4-5,15H2. The van der Waals surface area contributed by atoms with Crippen LogP contribution in [0.15, 0.2) is 18.2 Å². The summed E-state index contributed by atoms with van der Waals surface area (Å²) in [6.45, 7) is 0. The first kappa shape index (κ1) is 11.3. The predicted octanol–water partition coefficient (Wildman–Crippen LogP) is 3.98. The Morgan fingerprint density at radius 1 is 1.07 bits per heavy atom. The predicted molar refractivity (Wildman–Crippen MR) is 65.6 cm³/mol. The zero-order valence-electron chi connectivity index (χ0n) is 8.55. The van der Waals surface area contributed by atoms with Gasteiger partial charge in [0, 0.05) is 16.1 Å². The number of hydrogen-bond acceptors (Lipinski definition) is 1. The highest BCUT2D eigenvalue weighted by Crippen LogP contribution is 2.37. The van der Waals surface area contributed by atoms with Crippen molar-refractivity contribution >= 4 is 23.2 Å². The number of halogens is 2. The summed E-state index contributed by atoms with van der Waals surface area (Å²) in [7, 11) is 0. The van der Waals surface area contributed by atoms with Crippen LogP contribution in [-0.2, 0) is 0 Å². The minimum atomic E-state index is 0.374. The fourth-order valence-electron chi connectivity index (χ4n) is 2.26. The van der Waals surface area contributed by atoms with Gasteiger partial charge in [0.15, 0.2) is 0 Å². The van der Waals surface area contributed by atoms with E-state index in [2.05, 4.69) is 0 Å². The van der Waals surface area contributed by atoms with E-state index in [0.29, 0.717) is 12.0 Å². The highest BCUT2D eigenvalue weighted by molar-refractivity contribution is 6.33. The molecule has 1 aromatic rings. The molecule has 15 heavy (non-hydrogen) atoms. The Kier molecular flexibility index (Phi) is 3.55. The number of benzene rings is 1. The fourth-order valence-corrected chi connectivity index (χ4v) is 2.71. The third kappa shape index (κ3) is 2.66. The van der Waals surface area contributed by atoms with E-state index in [9.17, 15) is 0 Å². The molecule has 2 rings (SSSR count). The molecule has 3 heteroatoms. The lowest BCUT2D eigenvalue weighted by atomic mass is 9.82. The first-order valence-electron chi connectivity index (χ1n) is 5.37. The van der Waals surface area contributed by atoms with Crippen molar-refractivity contribution in [3.63, 3.8) is 0 Å². The average Bonchev–Trinajstić information content (AvgIpc) is 2.23. The smallest absolute Gasteiger partial charge is 0.0441 e. The largest absolute Gasteiger partial charge is 0.328 e. The van der Waals surface area contributed by atoms with Crippen molar-refractivity contribution in [2.75, 3.05) is 0 Å². The molecular formula is C12H15Cl2N. The quantitative estimate of drug-likeness (QED) is 0.794. The molecule has 1 aromatic carbocycles. The Balaban J connectivity index is 2.18. The summed E-state index contributed by atoms with van der Waals surface area (Å²) in [5, 5.41) is 1.60. The lowest BCUT2D eigenvalue weighted by Gasteiger charge is -2.27. The fraction of sp³-hybridized carbons (Fsp3) is 0.500. The van der Waals surface area contributed by atoms with E-state index in [1.54, 1.807) is 0 Å². The first-order chi connectivity index (χ1) is 7.16. The molecule has 0 bridgehead atoms. The highest BCUT2D eigenvalue weighted by Gasteiger charge is 2.21. The molecule has 0 aromatic heterocycles. The van der Waals surface area contributed by atoms with Crippen LogP contribution in [0.25, 0.3) is 0 Å². The zero-order valence-corrected chi connectivity index (χ0v) is 10.1. The van der Waals surface area contributed by atoms with Crippen LogP contribution in [0.1, 0.15) is 37.2 Å². The molecule has 82 valence electrons. The maximum absolute atomic E-state index is 6.18. The molecule has 0 saturated heterocycles. The average molecular weight is 244 g/mol. The van der Waals surface area contributed by atoms with Crippen molar-refractivity contribution in [3.8, 4) is 0 Å². The van der Waals surface area contributed by atoms with E-state index < -0.39 is 0 Å². The van der Waals surface area contributed by atoms with Gasteiger partial charge in [-0.25, -0.2) is 0 Å². The Labute approximate surface area is 101 Å². The SMILES string of the molecule is NC1CCC(c2cc(Cl)ccc2Cl)CC1. The molecule has 2 N–H and O–H groups in total. The summed E-state index contributed by atoms with van der Waals surface area (Å²) in [6.07, 6.45) is 4.43. The van der Waals surface area contributed by atoms with Gasteiger partial charge in [0.2, 0.25) is 0 Å². The van der Waals surface area contributed by atoms with Gasteiger partial charge in [-0.1, -0.05) is 23.2 Å². The van der Waals surface area contributed by atoms with Crippen molar-refractivity contribution in [2.24, 2.45) is 5.73 Å². The van der Waals surface area contributed by atoms with E-state index >= 15 is 0 Å². The molecule has 1 aliphatic rings. The summed E-state index contributed by atoms with van der Waals surface area (Å²) >= 11 is 12.2. The first-order valence-corrected chi connectivity index (χ1v) is 6.13. The van der Waals surface area contributed by atoms with Gasteiger partial charge in [-0.2, -0.15) is 0 Å². The number of hydrogen-bond donors (Lipinski definition) is 1. The van der Waals surface area contributed by atoms with Crippen LogP contribution in [0.3, 0.4) is 0 Å². The molecule has 0 radical (unpaired) electrons. The summed E-state index contributed by atoms with van der Waals surface area (Å²) in [6, 6.07) is 6.08. The monoisotopic (exact) mass is 243 g/mol. The van der Waals surface area contributed by atoms with E-state index in [-0.39, 0.29) is 0 Å². The van der Waals surface area contributed by atoms with Crippen molar-refractivity contribution in [1.82, 2.24) is 0 Å². The van der Waals surface area contributed by atoms with Crippen LogP contribution in [0.4, 0.5) is 0 Å². The Morgan fingerprint density at radius 3 is 2.40 bits per heavy atom. The van der Waals surface area contributed by atoms with Gasteiger partial charge in [-0.05, 0) is 55.4 Å². The van der Waals surface area contributed by atoms with Gasteiger partial charge in [-0.15, -0.1) is 0 Å². The Morgan fingerprint density at radius 2 is 1.73 bits per heavy atom. The molecule has 0 atom stereocenters. The van der Waals surface area contributed by atoms with Gasteiger partial charge >= 0.3 is 0 Å². The molecule has 0 amide bonds. The van der Waals surface area contributed by atoms with Crippen molar-refractivity contribution < 1.29 is 0 Å². The molecule has 1 fully saturated rings. The minimum absolute atomic E-state index is 0.374. The molecule has 1 aliphatic carbocycles. The molecule has 1 saturated carbocycles. The lowest BCUT2D eigenvalue weighted by molar-refractivity contribution is 0.395. The normalized spacial score (nSPS) is 26.6. The maximum Gasteiger partial charge on any atom is 0.0441 e. The minimum Gasteiger partial charge on any atom is -0.328 e. The second-order valence-corrected chi connectivity index (χ2v) is 5.12. The van der Waals surface area contributed by atoms with E-state index in [0.717, 1.165) is 35.7 Å². The molecule has 1 nitrogen and oxygen atoms in total. The second kappa shape index (κ2) is 4.73. The number of rotatable bonds is 1. The molecular weight excluding hydrogens is 229 g/mol. The summed E-state index contributed by atoms with van der Waals surface area (Å²) < 4.78 is 0. The molecule has 0 aliphatic heterocycles. The van der Waals surface area contributed by atoms with E-state index in [1.165, 1.54) is 5.56 Å². The van der Waals surface area contributed by atoms with Crippen LogP contribution in [0.2, 0.25) is 10.0 Å². The molecule has 0 heterocycles. The third-order valence-electron chi connectivity index (χ3n) is 3.17. The van der Waals surface area contributed by atoms with E-state index in [1.807, 2.05) is 18.2 Å². The van der Waals surface area contributed by atoms with Crippen molar-refractivity contribution in [2.45, 2.75) is 37.6 Å². The van der Waals surface area contributed by atoms with E-state index in [4.69, 9.17) is 28.9 Å². The summed E-state index contributed by atoms with van der Waals surface area (Å²) in [4.78, 5) is 0. The van der Waals surface area contributed by atoms with Crippen LogP contribution in [-0.4, -0.2) is 6.04 Å². The van der Waals surface area contributed by atoms with Gasteiger partial charge < -0.3 is 5.73 Å². The van der Waals surface area contributed by atoms with Crippen LogP contribution in [0.5, 0.6) is 0 Å². The third-order valence-corrected chi connectivity index (χ3v) is 3.75. The zero-order chi connectivity index (χ0) is 10.8. The molecule has 0 spiro atoms. The van der Waals surface area contributed by atoms with Crippen LogP contribution >= 0.6 is 23.2 Å². The van der Waals surface area contributed by atoms with Gasteiger partial charge in [0.25, 0.3) is 0 Å². The number of nitrogens with two attached hydrogens (primary N) is 1.